The molecule has 0 aliphatic carbocycles. The molecule has 2 aromatic rings. The molecule has 1 aliphatic rings. The van der Waals surface area contributed by atoms with Gasteiger partial charge in [0.05, 0.1) is 18.4 Å². The second kappa shape index (κ2) is 6.91. The van der Waals surface area contributed by atoms with Gasteiger partial charge in [0.25, 0.3) is 5.95 Å². The Kier molecular flexibility index (Phi) is 4.66. The first-order chi connectivity index (χ1) is 12.3. The number of amides is 1. The second-order valence-corrected chi connectivity index (χ2v) is 6.18. The highest BCUT2D eigenvalue weighted by Crippen LogP contribution is 2.23. The Bertz CT molecular complexity index is 872. The highest BCUT2D eigenvalue weighted by molar-refractivity contribution is 6.13. The monoisotopic (exact) mass is 352 g/mol. The third-order valence-corrected chi connectivity index (χ3v) is 3.93. The number of nitrogens with one attached hydrogen (secondary N) is 1. The van der Waals surface area contributed by atoms with Crippen LogP contribution in [0.1, 0.15) is 23.4 Å². The summed E-state index contributed by atoms with van der Waals surface area (Å²) < 4.78 is 0. The van der Waals surface area contributed by atoms with Crippen LogP contribution in [-0.2, 0) is 9.59 Å². The molecule has 1 aromatic heterocycles. The fourth-order valence-corrected chi connectivity index (χ4v) is 2.78. The molecular formula is C18H18N5O3-. The normalized spacial score (nSPS) is 18.7. The van der Waals surface area contributed by atoms with Crippen molar-refractivity contribution in [2.24, 2.45) is 4.99 Å². The van der Waals surface area contributed by atoms with Crippen LogP contribution in [0.5, 0.6) is 0 Å². The van der Waals surface area contributed by atoms with Gasteiger partial charge in [0, 0.05) is 17.1 Å². The molecule has 26 heavy (non-hydrogen) atoms. The standard InChI is InChI=1S/C18H19N5O3/c1-10-4-6-13(7-5-10)23-14(16(25)26)9-15(24)21-18(23)22-17-19-11(2)8-12(3)20-17/h4-8,14H,9H2,1-3H3,(H,25,26)(H,19,20,21,22,24)/p-1/t14-/m1/s1. The van der Waals surface area contributed by atoms with E-state index in [4.69, 9.17) is 0 Å². The molecule has 0 radical (unpaired) electrons. The van der Waals surface area contributed by atoms with Gasteiger partial charge in [0.15, 0.2) is 0 Å². The predicted octanol–water partition coefficient (Wildman–Crippen LogP) is 0.534. The Labute approximate surface area is 150 Å². The fraction of sp³-hybridized carbons (Fsp3) is 0.278. The zero-order valence-electron chi connectivity index (χ0n) is 14.7. The molecule has 0 bridgehead atoms. The topological polar surface area (TPSA) is 111 Å². The van der Waals surface area contributed by atoms with Crippen LogP contribution in [0.2, 0.25) is 0 Å². The molecule has 1 atom stereocenters. The molecule has 2 heterocycles. The number of aliphatic imine (C=N–C) groups is 1. The average Bonchev–Trinajstić information content (AvgIpc) is 2.54. The van der Waals surface area contributed by atoms with E-state index < -0.39 is 17.9 Å². The highest BCUT2D eigenvalue weighted by atomic mass is 16.4. The summed E-state index contributed by atoms with van der Waals surface area (Å²) in [6.07, 6.45) is -0.233. The van der Waals surface area contributed by atoms with E-state index in [1.54, 1.807) is 32.0 Å². The van der Waals surface area contributed by atoms with Crippen LogP contribution in [0.4, 0.5) is 11.6 Å². The number of carboxylic acid groups (broad SMARTS) is 1. The maximum absolute atomic E-state index is 12.0. The number of carbonyl (C=O) groups excluding carboxylic acids is 2. The third-order valence-electron chi connectivity index (χ3n) is 3.93. The molecule has 1 N–H and O–H groups in total. The summed E-state index contributed by atoms with van der Waals surface area (Å²) in [5, 5.41) is 14.3. The van der Waals surface area contributed by atoms with Gasteiger partial charge in [-0.25, -0.2) is 9.97 Å². The Morgan fingerprint density at radius 1 is 1.19 bits per heavy atom. The maximum Gasteiger partial charge on any atom is 0.253 e. The maximum atomic E-state index is 12.0. The second-order valence-electron chi connectivity index (χ2n) is 6.18. The number of aliphatic carboxylic acids is 1. The molecule has 134 valence electrons. The van der Waals surface area contributed by atoms with E-state index in [1.807, 2.05) is 19.1 Å². The SMILES string of the molecule is Cc1ccc(N2/C(=N/c3nc(C)cc(C)n3)NC(=O)C[C@@H]2C(=O)[O-])cc1. The quantitative estimate of drug-likeness (QED) is 0.863. The first-order valence-electron chi connectivity index (χ1n) is 8.11. The lowest BCUT2D eigenvalue weighted by atomic mass is 10.1. The van der Waals surface area contributed by atoms with E-state index >= 15 is 0 Å². The molecule has 0 saturated carbocycles. The molecule has 1 fully saturated rings. The number of aryl methyl sites for hydroxylation is 3. The van der Waals surface area contributed by atoms with E-state index in [0.717, 1.165) is 17.0 Å². The molecule has 8 heteroatoms. The number of aromatic nitrogens is 2. The zero-order valence-corrected chi connectivity index (χ0v) is 14.7. The molecule has 0 spiro atoms. The lowest BCUT2D eigenvalue weighted by Crippen LogP contribution is -2.61. The number of benzene rings is 1. The first-order valence-corrected chi connectivity index (χ1v) is 8.11. The van der Waals surface area contributed by atoms with E-state index in [2.05, 4.69) is 20.3 Å². The van der Waals surface area contributed by atoms with Crippen LogP contribution in [0.15, 0.2) is 35.3 Å². The number of nitrogens with zero attached hydrogens (tertiary/aromatic N) is 4. The molecule has 3 rings (SSSR count). The molecule has 1 saturated heterocycles. The number of carboxylic acids is 1. The first kappa shape index (κ1) is 17.5. The minimum atomic E-state index is -1.35. The van der Waals surface area contributed by atoms with Crippen LogP contribution in [0, 0.1) is 20.8 Å². The summed E-state index contributed by atoms with van der Waals surface area (Å²) in [6, 6.07) is 7.86. The minimum Gasteiger partial charge on any atom is -0.548 e. The highest BCUT2D eigenvalue weighted by Gasteiger charge is 2.33. The summed E-state index contributed by atoms with van der Waals surface area (Å²) in [6.45, 7) is 5.54. The number of carbonyl (C=O) groups is 2. The molecular weight excluding hydrogens is 334 g/mol. The molecule has 8 nitrogen and oxygen atoms in total. The summed E-state index contributed by atoms with van der Waals surface area (Å²) in [5.41, 5.74) is 3.04. The molecule has 0 unspecified atom stereocenters. The van der Waals surface area contributed by atoms with Crippen molar-refractivity contribution >= 4 is 29.5 Å². The lowest BCUT2D eigenvalue weighted by Gasteiger charge is -2.38. The van der Waals surface area contributed by atoms with Crippen molar-refractivity contribution < 1.29 is 14.7 Å². The summed E-state index contributed by atoms with van der Waals surface area (Å²) in [5.74, 6) is -1.60. The van der Waals surface area contributed by atoms with Crippen molar-refractivity contribution in [1.29, 1.82) is 0 Å². The number of hydrogen-bond acceptors (Lipinski definition) is 6. The largest absolute Gasteiger partial charge is 0.548 e. The van der Waals surface area contributed by atoms with Gasteiger partial charge >= 0.3 is 0 Å². The van der Waals surface area contributed by atoms with Crippen LogP contribution in [0.3, 0.4) is 0 Å². The van der Waals surface area contributed by atoms with E-state index in [0.29, 0.717) is 5.69 Å². The Hall–Kier alpha value is -3.29. The zero-order chi connectivity index (χ0) is 18.8. The van der Waals surface area contributed by atoms with E-state index in [9.17, 15) is 14.7 Å². The summed E-state index contributed by atoms with van der Waals surface area (Å²) in [7, 11) is 0. The predicted molar refractivity (Wildman–Crippen MR) is 93.8 cm³/mol. The number of rotatable bonds is 3. The number of anilines is 1. The van der Waals surface area contributed by atoms with Gasteiger partial charge in [0.1, 0.15) is 0 Å². The van der Waals surface area contributed by atoms with Crippen molar-refractivity contribution in [2.45, 2.75) is 33.2 Å². The van der Waals surface area contributed by atoms with Gasteiger partial charge in [-0.15, -0.1) is 0 Å². The van der Waals surface area contributed by atoms with Crippen LogP contribution in [-0.4, -0.2) is 33.8 Å². The van der Waals surface area contributed by atoms with E-state index in [-0.39, 0.29) is 18.3 Å². The van der Waals surface area contributed by atoms with Crippen molar-refractivity contribution in [1.82, 2.24) is 15.3 Å². The van der Waals surface area contributed by atoms with Crippen molar-refractivity contribution in [3.63, 3.8) is 0 Å². The van der Waals surface area contributed by atoms with Crippen molar-refractivity contribution in [3.05, 3.63) is 47.3 Å². The van der Waals surface area contributed by atoms with E-state index in [1.165, 1.54) is 4.90 Å². The van der Waals surface area contributed by atoms with Gasteiger partial charge in [-0.2, -0.15) is 4.99 Å². The Morgan fingerprint density at radius 2 is 1.81 bits per heavy atom. The van der Waals surface area contributed by atoms with Crippen LogP contribution >= 0.6 is 0 Å². The van der Waals surface area contributed by atoms with Crippen molar-refractivity contribution in [3.8, 4) is 0 Å². The van der Waals surface area contributed by atoms with Crippen LogP contribution in [0.25, 0.3) is 0 Å². The summed E-state index contributed by atoms with van der Waals surface area (Å²) >= 11 is 0. The Balaban J connectivity index is 2.11. The van der Waals surface area contributed by atoms with Gasteiger partial charge in [-0.1, -0.05) is 17.7 Å². The fourth-order valence-electron chi connectivity index (χ4n) is 2.78. The smallest absolute Gasteiger partial charge is 0.253 e. The average molecular weight is 352 g/mol. The van der Waals surface area contributed by atoms with Gasteiger partial charge < -0.3 is 14.8 Å². The summed E-state index contributed by atoms with van der Waals surface area (Å²) in [4.78, 5) is 37.8. The van der Waals surface area contributed by atoms with Gasteiger partial charge in [0.2, 0.25) is 11.9 Å². The van der Waals surface area contributed by atoms with Gasteiger partial charge in [-0.3, -0.25) is 10.1 Å². The number of guanidine groups is 1. The molecule has 1 amide bonds. The minimum absolute atomic E-state index is 0.0595. The Morgan fingerprint density at radius 3 is 2.38 bits per heavy atom. The third kappa shape index (κ3) is 3.69. The molecule has 1 aliphatic heterocycles. The van der Waals surface area contributed by atoms with Crippen LogP contribution < -0.4 is 15.3 Å². The number of hydrogen-bond donors (Lipinski definition) is 1. The van der Waals surface area contributed by atoms with Gasteiger partial charge in [-0.05, 0) is 39.0 Å². The van der Waals surface area contributed by atoms with Crippen molar-refractivity contribution in [2.75, 3.05) is 4.90 Å². The molecule has 1 aromatic carbocycles. The lowest BCUT2D eigenvalue weighted by molar-refractivity contribution is -0.307.